The van der Waals surface area contributed by atoms with Gasteiger partial charge < -0.3 is 35.6 Å². The summed E-state index contributed by atoms with van der Waals surface area (Å²) in [5.74, 6) is -2.93. The molecule has 1 aromatic carbocycles. The summed E-state index contributed by atoms with van der Waals surface area (Å²) in [7, 11) is 4.91. The number of esters is 1. The van der Waals surface area contributed by atoms with E-state index in [0.29, 0.717) is 5.75 Å². The number of imide groups is 1. The minimum Gasteiger partial charge on any atom is -0.497 e. The third-order valence-electron chi connectivity index (χ3n) is 9.96. The molecule has 1 aliphatic heterocycles. The van der Waals surface area contributed by atoms with Crippen molar-refractivity contribution in [3.05, 3.63) is 53.6 Å². The molecule has 4 N–H and O–H groups in total. The summed E-state index contributed by atoms with van der Waals surface area (Å²) in [6.07, 6.45) is 3.71. The molecule has 6 amide bonds. The van der Waals surface area contributed by atoms with Gasteiger partial charge in [-0.1, -0.05) is 66.7 Å². The molecule has 0 bridgehead atoms. The molecule has 1 aliphatic rings. The largest absolute Gasteiger partial charge is 0.497 e. The highest BCUT2D eigenvalue weighted by Gasteiger charge is 2.42. The van der Waals surface area contributed by atoms with Crippen molar-refractivity contribution >= 4 is 41.4 Å². The number of methoxy groups -OCH3 is 1. The van der Waals surface area contributed by atoms with Gasteiger partial charge in [0.05, 0.1) is 19.2 Å². The van der Waals surface area contributed by atoms with Crippen LogP contribution in [0.3, 0.4) is 0 Å². The maximum absolute atomic E-state index is 14.4. The van der Waals surface area contributed by atoms with Crippen molar-refractivity contribution in [2.45, 2.75) is 124 Å². The Balaban J connectivity index is 2.27. The standard InChI is InChI=1S/C43H66N6O9/c1-26(2)31(48(13)39(55)36(41(4,5)6)47-38(54)35(44-12)43(10,11)28-16-15-17-29(25-28)57-14)24-27(3)37(53)46-30(40(56)58-42(7,8)9)18-19-32(50)45-22-23-49-33(51)20-21-34(49)52/h15-17,20-21,24-26,30-31,35-36,44H,18-19,22-23H2,1-14H3,(H,45,50)(H,46,53)(H,47,54)/b27-24+/t30-,31-,35-,36-/m1/s1. The SMILES string of the molecule is CN[C@H](C(=O)N[C@H](C(=O)N(C)[C@H](/C=C(\C)C(=O)N[C@H](CCC(=O)NCCN1C(=O)C=CC1=O)C(=O)OC(C)(C)C)C(C)C)C(C)(C)C)C(C)(C)c1cccc(OC)c1. The lowest BCUT2D eigenvalue weighted by atomic mass is 9.76. The number of hydrogen-bond donors (Lipinski definition) is 4. The molecule has 0 radical (unpaired) electrons. The zero-order valence-corrected chi connectivity index (χ0v) is 36.8. The summed E-state index contributed by atoms with van der Waals surface area (Å²) in [4.78, 5) is 94.1. The summed E-state index contributed by atoms with van der Waals surface area (Å²) in [5.41, 5.74) is -1.19. The minimum atomic E-state index is -1.19. The Morgan fingerprint density at radius 2 is 1.52 bits per heavy atom. The normalized spacial score (nSPS) is 15.7. The van der Waals surface area contributed by atoms with Gasteiger partial charge in [0.25, 0.3) is 11.8 Å². The van der Waals surface area contributed by atoms with Crippen molar-refractivity contribution in [1.82, 2.24) is 31.1 Å². The second-order valence-electron chi connectivity index (χ2n) is 17.6. The van der Waals surface area contributed by atoms with E-state index in [0.717, 1.165) is 22.6 Å². The zero-order valence-electron chi connectivity index (χ0n) is 36.8. The lowest BCUT2D eigenvalue weighted by Gasteiger charge is -2.40. The van der Waals surface area contributed by atoms with E-state index in [-0.39, 0.29) is 49.2 Å². The van der Waals surface area contributed by atoms with Crippen LogP contribution in [0.25, 0.3) is 0 Å². The van der Waals surface area contributed by atoms with Crippen LogP contribution >= 0.6 is 0 Å². The number of hydrogen-bond acceptors (Lipinski definition) is 10. The van der Waals surface area contributed by atoms with Gasteiger partial charge in [0, 0.05) is 49.7 Å². The lowest BCUT2D eigenvalue weighted by Crippen LogP contribution is -2.61. The summed E-state index contributed by atoms with van der Waals surface area (Å²) in [6, 6.07) is 4.06. The van der Waals surface area contributed by atoms with Crippen LogP contribution in [-0.2, 0) is 43.7 Å². The number of carbonyl (C=O) groups excluding carboxylic acids is 7. The third-order valence-corrected chi connectivity index (χ3v) is 9.96. The van der Waals surface area contributed by atoms with Crippen LogP contribution in [0, 0.1) is 11.3 Å². The number of nitrogens with zero attached hydrogens (tertiary/aromatic N) is 2. The fourth-order valence-corrected chi connectivity index (χ4v) is 6.53. The van der Waals surface area contributed by atoms with Crippen molar-refractivity contribution in [3.63, 3.8) is 0 Å². The van der Waals surface area contributed by atoms with E-state index >= 15 is 0 Å². The molecule has 0 aromatic heterocycles. The maximum Gasteiger partial charge on any atom is 0.329 e. The Kier molecular flexibility index (Phi) is 17.4. The van der Waals surface area contributed by atoms with Crippen LogP contribution in [0.15, 0.2) is 48.1 Å². The van der Waals surface area contributed by atoms with Gasteiger partial charge in [-0.2, -0.15) is 0 Å². The number of likely N-dealkylation sites (N-methyl/N-ethyl adjacent to an activating group) is 2. The highest BCUT2D eigenvalue weighted by molar-refractivity contribution is 6.12. The minimum absolute atomic E-state index is 0.0115. The number of benzene rings is 1. The topological polar surface area (TPSA) is 193 Å². The molecule has 1 aromatic rings. The molecule has 1 heterocycles. The van der Waals surface area contributed by atoms with Gasteiger partial charge in [-0.15, -0.1) is 0 Å². The molecular weight excluding hydrogens is 745 g/mol. The molecule has 0 aliphatic carbocycles. The first-order chi connectivity index (χ1) is 26.7. The molecular formula is C43H66N6O9. The second-order valence-corrected chi connectivity index (χ2v) is 17.6. The number of carbonyl (C=O) groups is 7. The van der Waals surface area contributed by atoms with Gasteiger partial charge >= 0.3 is 5.97 Å². The van der Waals surface area contributed by atoms with Gasteiger partial charge in [-0.25, -0.2) is 4.79 Å². The van der Waals surface area contributed by atoms with Crippen LogP contribution in [0.4, 0.5) is 0 Å². The van der Waals surface area contributed by atoms with Crippen LogP contribution in [0.2, 0.25) is 0 Å². The average Bonchev–Trinajstić information content (AvgIpc) is 3.44. The summed E-state index contributed by atoms with van der Waals surface area (Å²) in [6.45, 7) is 19.9. The Hall–Kier alpha value is -5.05. The summed E-state index contributed by atoms with van der Waals surface area (Å²) >= 11 is 0. The Labute approximate surface area is 344 Å². The van der Waals surface area contributed by atoms with E-state index in [4.69, 9.17) is 9.47 Å². The fourth-order valence-electron chi connectivity index (χ4n) is 6.53. The van der Waals surface area contributed by atoms with Crippen molar-refractivity contribution in [2.75, 3.05) is 34.3 Å². The van der Waals surface area contributed by atoms with Crippen LogP contribution in [-0.4, -0.2) is 115 Å². The molecule has 2 rings (SSSR count). The van der Waals surface area contributed by atoms with E-state index in [2.05, 4.69) is 21.3 Å². The first-order valence-electron chi connectivity index (χ1n) is 19.7. The Morgan fingerprint density at radius 1 is 0.914 bits per heavy atom. The van der Waals surface area contributed by atoms with E-state index in [1.165, 1.54) is 4.90 Å². The number of rotatable bonds is 19. The van der Waals surface area contributed by atoms with Crippen LogP contribution in [0.1, 0.15) is 94.6 Å². The molecule has 0 spiro atoms. The van der Waals surface area contributed by atoms with Gasteiger partial charge in [-0.3, -0.25) is 33.7 Å². The molecule has 0 saturated heterocycles. The first kappa shape index (κ1) is 49.1. The zero-order chi connectivity index (χ0) is 44.3. The van der Waals surface area contributed by atoms with E-state index < -0.39 is 70.2 Å². The average molecular weight is 811 g/mol. The van der Waals surface area contributed by atoms with Gasteiger partial charge in [0.2, 0.25) is 23.6 Å². The molecule has 15 heteroatoms. The second kappa shape index (κ2) is 20.6. The van der Waals surface area contributed by atoms with Crippen LogP contribution in [0.5, 0.6) is 5.75 Å². The number of amides is 6. The highest BCUT2D eigenvalue weighted by Crippen LogP contribution is 2.31. The quantitative estimate of drug-likeness (QED) is 0.0917. The third kappa shape index (κ3) is 13.8. The van der Waals surface area contributed by atoms with Crippen molar-refractivity contribution in [1.29, 1.82) is 0 Å². The highest BCUT2D eigenvalue weighted by atomic mass is 16.6. The Bertz CT molecular complexity index is 1720. The molecule has 0 saturated carbocycles. The molecule has 15 nitrogen and oxygen atoms in total. The van der Waals surface area contributed by atoms with Gasteiger partial charge in [-0.05, 0) is 70.2 Å². The predicted molar refractivity (Wildman–Crippen MR) is 221 cm³/mol. The monoisotopic (exact) mass is 810 g/mol. The van der Waals surface area contributed by atoms with E-state index in [9.17, 15) is 33.6 Å². The van der Waals surface area contributed by atoms with E-state index in [1.807, 2.05) is 72.7 Å². The van der Waals surface area contributed by atoms with Crippen molar-refractivity contribution in [3.8, 4) is 5.75 Å². The molecule has 4 atom stereocenters. The lowest BCUT2D eigenvalue weighted by molar-refractivity contribution is -0.158. The van der Waals surface area contributed by atoms with Crippen molar-refractivity contribution in [2.24, 2.45) is 11.3 Å². The molecule has 0 unspecified atom stereocenters. The predicted octanol–water partition coefficient (Wildman–Crippen LogP) is 3.17. The fraction of sp³-hybridized carbons (Fsp3) is 0.605. The first-order valence-corrected chi connectivity index (χ1v) is 19.7. The maximum atomic E-state index is 14.4. The summed E-state index contributed by atoms with van der Waals surface area (Å²) < 4.78 is 11.0. The summed E-state index contributed by atoms with van der Waals surface area (Å²) in [5, 5.41) is 11.5. The van der Waals surface area contributed by atoms with Gasteiger partial charge in [0.1, 0.15) is 23.4 Å². The van der Waals surface area contributed by atoms with Crippen molar-refractivity contribution < 1.29 is 43.0 Å². The smallest absolute Gasteiger partial charge is 0.329 e. The molecule has 0 fully saturated rings. The number of ether oxygens (including phenoxy) is 2. The van der Waals surface area contributed by atoms with Gasteiger partial charge in [0.15, 0.2) is 0 Å². The molecule has 58 heavy (non-hydrogen) atoms. The molecule has 322 valence electrons. The van der Waals surface area contributed by atoms with Crippen LogP contribution < -0.4 is 26.0 Å². The van der Waals surface area contributed by atoms with E-state index in [1.54, 1.807) is 55.0 Å². The number of nitrogens with one attached hydrogen (secondary N) is 4. The Morgan fingerprint density at radius 3 is 2.03 bits per heavy atom.